The standard InChI is InChI=1S/C12H13N3.Rh/c1-8-11-4-3-9(7-13)5-10(11)6-12(14-2)15-8;/h3-6H,7H2,1-2H3,(H,14,15);. The monoisotopic (exact) mass is 302 g/mol. The molecule has 3 nitrogen and oxygen atoms in total. The van der Waals surface area contributed by atoms with Gasteiger partial charge < -0.3 is 0 Å². The van der Waals surface area contributed by atoms with Gasteiger partial charge >= 0.3 is 105 Å². The summed E-state index contributed by atoms with van der Waals surface area (Å²) >= 11 is 2.57. The average Bonchev–Trinajstić information content (AvgIpc) is 2.29. The zero-order chi connectivity index (χ0) is 11.5. The molecule has 4 heteroatoms. The quantitative estimate of drug-likeness (QED) is 0.885. The first-order valence-electron chi connectivity index (χ1n) is 5.08. The molecule has 1 aromatic carbocycles. The molecule has 0 atom stereocenters. The van der Waals surface area contributed by atoms with Crippen molar-refractivity contribution in [3.05, 3.63) is 35.5 Å². The summed E-state index contributed by atoms with van der Waals surface area (Å²) in [5.41, 5.74) is 2.26. The summed E-state index contributed by atoms with van der Waals surface area (Å²) in [6, 6.07) is 8.43. The Morgan fingerprint density at radius 3 is 2.88 bits per heavy atom. The molecule has 0 aliphatic rings. The van der Waals surface area contributed by atoms with Crippen LogP contribution in [0.5, 0.6) is 0 Å². The third-order valence-electron chi connectivity index (χ3n) is 2.58. The topological polar surface area (TPSA) is 37.3 Å². The summed E-state index contributed by atoms with van der Waals surface area (Å²) in [4.78, 5) is 4.46. The fourth-order valence-corrected chi connectivity index (χ4v) is 2.07. The number of rotatable bonds is 3. The van der Waals surface area contributed by atoms with Crippen molar-refractivity contribution in [2.24, 2.45) is 3.68 Å². The van der Waals surface area contributed by atoms with E-state index in [0.717, 1.165) is 18.1 Å². The van der Waals surface area contributed by atoms with Crippen LogP contribution in [0.1, 0.15) is 11.3 Å². The number of anilines is 1. The van der Waals surface area contributed by atoms with Gasteiger partial charge in [-0.25, -0.2) is 0 Å². The molecule has 0 amide bonds. The number of hydrogen-bond acceptors (Lipinski definition) is 3. The fraction of sp³-hybridized carbons (Fsp3) is 0.250. The van der Waals surface area contributed by atoms with E-state index in [0.29, 0.717) is 0 Å². The third-order valence-corrected chi connectivity index (χ3v) is 2.84. The number of aromatic nitrogens is 1. The minimum absolute atomic E-state index is 0.721. The van der Waals surface area contributed by atoms with Crippen molar-refractivity contribution in [1.29, 1.82) is 0 Å². The van der Waals surface area contributed by atoms with Crippen molar-refractivity contribution < 1.29 is 18.1 Å². The molecule has 0 bridgehead atoms. The summed E-state index contributed by atoms with van der Waals surface area (Å²) in [7, 11) is 1.88. The van der Waals surface area contributed by atoms with Gasteiger partial charge in [-0.1, -0.05) is 0 Å². The zero-order valence-corrected chi connectivity index (χ0v) is 10.9. The molecule has 2 aromatic rings. The maximum absolute atomic E-state index is 4.46. The first-order chi connectivity index (χ1) is 7.74. The van der Waals surface area contributed by atoms with E-state index in [1.54, 1.807) is 0 Å². The normalized spacial score (nSPS) is 10.4. The molecule has 0 aliphatic carbocycles. The van der Waals surface area contributed by atoms with Gasteiger partial charge in [0, 0.05) is 0 Å². The predicted octanol–water partition coefficient (Wildman–Crippen LogP) is 2.82. The van der Waals surface area contributed by atoms with Crippen LogP contribution in [-0.2, 0) is 24.7 Å². The van der Waals surface area contributed by atoms with Crippen molar-refractivity contribution in [2.75, 3.05) is 12.4 Å². The molecule has 0 unspecified atom stereocenters. The Kier molecular flexibility index (Phi) is 3.40. The molecule has 0 spiro atoms. The van der Waals surface area contributed by atoms with Crippen LogP contribution in [-0.4, -0.2) is 12.0 Å². The number of hydrogen-bond donors (Lipinski definition) is 1. The van der Waals surface area contributed by atoms with E-state index in [2.05, 4.69) is 56.4 Å². The Morgan fingerprint density at radius 1 is 1.38 bits per heavy atom. The van der Waals surface area contributed by atoms with Crippen LogP contribution >= 0.6 is 0 Å². The van der Waals surface area contributed by atoms with E-state index in [1.165, 1.54) is 16.3 Å². The van der Waals surface area contributed by atoms with Crippen LogP contribution in [0, 0.1) is 6.92 Å². The molecule has 85 valence electrons. The van der Waals surface area contributed by atoms with E-state index < -0.39 is 0 Å². The number of benzene rings is 1. The van der Waals surface area contributed by atoms with Crippen molar-refractivity contribution in [3.63, 3.8) is 0 Å². The maximum atomic E-state index is 4.46. The van der Waals surface area contributed by atoms with Gasteiger partial charge in [0.2, 0.25) is 0 Å². The molecule has 1 aromatic heterocycles. The van der Waals surface area contributed by atoms with Crippen molar-refractivity contribution in [3.8, 4) is 0 Å². The van der Waals surface area contributed by atoms with E-state index in [9.17, 15) is 0 Å². The average molecular weight is 302 g/mol. The Hall–Kier alpha value is -1.15. The Bertz CT molecular complexity index is 537. The number of fused-ring (bicyclic) bond motifs is 1. The molecule has 0 radical (unpaired) electrons. The van der Waals surface area contributed by atoms with Gasteiger partial charge in [-0.3, -0.25) is 0 Å². The molecule has 1 N–H and O–H groups in total. The van der Waals surface area contributed by atoms with Gasteiger partial charge in [0.1, 0.15) is 0 Å². The van der Waals surface area contributed by atoms with Gasteiger partial charge in [-0.15, -0.1) is 0 Å². The molecule has 2 rings (SSSR count). The van der Waals surface area contributed by atoms with E-state index in [-0.39, 0.29) is 0 Å². The molecule has 0 saturated carbocycles. The Balaban J connectivity index is 2.61. The number of nitrogens with zero attached hydrogens (tertiary/aromatic N) is 2. The second-order valence-corrected chi connectivity index (χ2v) is 4.18. The summed E-state index contributed by atoms with van der Waals surface area (Å²) in [6.07, 6.45) is 0. The summed E-state index contributed by atoms with van der Waals surface area (Å²) < 4.78 is 4.04. The second kappa shape index (κ2) is 4.79. The molecule has 16 heavy (non-hydrogen) atoms. The van der Waals surface area contributed by atoms with Gasteiger partial charge in [0.15, 0.2) is 0 Å². The Labute approximate surface area is 105 Å². The number of nitrogens with one attached hydrogen (secondary N) is 1. The number of pyridine rings is 1. The number of aryl methyl sites for hydroxylation is 1. The summed E-state index contributed by atoms with van der Waals surface area (Å²) in [5.74, 6) is 0.906. The van der Waals surface area contributed by atoms with Gasteiger partial charge in [-0.05, 0) is 0 Å². The van der Waals surface area contributed by atoms with Crippen LogP contribution < -0.4 is 5.32 Å². The molecule has 0 fully saturated rings. The predicted molar refractivity (Wildman–Crippen MR) is 62.2 cm³/mol. The van der Waals surface area contributed by atoms with E-state index in [1.807, 2.05) is 14.0 Å². The summed E-state index contributed by atoms with van der Waals surface area (Å²) in [6.45, 7) is 2.75. The van der Waals surface area contributed by atoms with Crippen LogP contribution in [0.15, 0.2) is 27.9 Å². The van der Waals surface area contributed by atoms with Crippen LogP contribution in [0.2, 0.25) is 0 Å². The van der Waals surface area contributed by atoms with Gasteiger partial charge in [0.05, 0.1) is 0 Å². The molecule has 0 aliphatic heterocycles. The molecular formula is C12H13N3Rh. The fourth-order valence-electron chi connectivity index (χ4n) is 1.77. The van der Waals surface area contributed by atoms with E-state index >= 15 is 0 Å². The van der Waals surface area contributed by atoms with Crippen molar-refractivity contribution in [1.82, 2.24) is 4.98 Å². The third kappa shape index (κ3) is 2.17. The minimum atomic E-state index is 0.721. The first kappa shape index (κ1) is 11.3. The van der Waals surface area contributed by atoms with Crippen molar-refractivity contribution in [2.45, 2.75) is 13.5 Å². The van der Waals surface area contributed by atoms with Crippen LogP contribution in [0.25, 0.3) is 10.8 Å². The van der Waals surface area contributed by atoms with Gasteiger partial charge in [-0.2, -0.15) is 0 Å². The SMILES string of the molecule is CNc1cc2cc(C[N]=[Rh])ccc2c(C)n1. The second-order valence-electron chi connectivity index (χ2n) is 3.66. The zero-order valence-electron chi connectivity index (χ0n) is 9.24. The Morgan fingerprint density at radius 2 is 2.19 bits per heavy atom. The van der Waals surface area contributed by atoms with Crippen LogP contribution in [0.4, 0.5) is 5.82 Å². The summed E-state index contributed by atoms with van der Waals surface area (Å²) in [5, 5.41) is 5.48. The van der Waals surface area contributed by atoms with E-state index in [4.69, 9.17) is 0 Å². The van der Waals surface area contributed by atoms with Crippen LogP contribution in [0.3, 0.4) is 0 Å². The molecule has 0 saturated heterocycles. The first-order valence-corrected chi connectivity index (χ1v) is 5.81. The molecular weight excluding hydrogens is 289 g/mol. The molecule has 1 heterocycles. The van der Waals surface area contributed by atoms with Gasteiger partial charge in [0.25, 0.3) is 0 Å². The van der Waals surface area contributed by atoms with Crippen molar-refractivity contribution >= 4 is 16.6 Å².